The van der Waals surface area contributed by atoms with Gasteiger partial charge in [0.1, 0.15) is 42.2 Å². The minimum Gasteiger partial charge on any atom is -0.467 e. The fourth-order valence-corrected chi connectivity index (χ4v) is 10.1. The van der Waals surface area contributed by atoms with Gasteiger partial charge >= 0.3 is 23.9 Å². The third-order valence-electron chi connectivity index (χ3n) is 12.8. The molecule has 3 aliphatic carbocycles. The lowest BCUT2D eigenvalue weighted by Gasteiger charge is -2.67. The van der Waals surface area contributed by atoms with Gasteiger partial charge in [-0.3, -0.25) is 9.59 Å². The molecule has 0 amide bonds. The average Bonchev–Trinajstić information content (AvgIpc) is 3.41. The van der Waals surface area contributed by atoms with E-state index in [0.29, 0.717) is 0 Å². The summed E-state index contributed by atoms with van der Waals surface area (Å²) in [6, 6.07) is 0. The molecule has 6 N–H and O–H groups in total. The second-order valence-electron chi connectivity index (χ2n) is 16.0. The number of methoxy groups -OCH3 is 1. The van der Waals surface area contributed by atoms with E-state index in [9.17, 15) is 54.6 Å². The molecule has 300 valence electrons. The Morgan fingerprint density at radius 1 is 1.02 bits per heavy atom. The number of rotatable bonds is 8. The summed E-state index contributed by atoms with van der Waals surface area (Å²) in [5.74, 6) is -9.12. The minimum absolute atomic E-state index is 0.00828. The van der Waals surface area contributed by atoms with Gasteiger partial charge in [0, 0.05) is 30.3 Å². The predicted molar refractivity (Wildman–Crippen MR) is 175 cm³/mol. The van der Waals surface area contributed by atoms with Crippen molar-refractivity contribution in [3.63, 3.8) is 0 Å². The van der Waals surface area contributed by atoms with Crippen LogP contribution in [-0.2, 0) is 57.1 Å². The Bertz CT molecular complexity index is 1650. The van der Waals surface area contributed by atoms with Crippen LogP contribution in [0.2, 0.25) is 0 Å². The molecule has 0 aromatic carbocycles. The number of carbonyl (C=O) groups is 5. The van der Waals surface area contributed by atoms with Crippen LogP contribution in [-0.4, -0.2) is 147 Å². The van der Waals surface area contributed by atoms with Crippen molar-refractivity contribution in [3.05, 3.63) is 23.5 Å². The third-order valence-corrected chi connectivity index (χ3v) is 12.8. The summed E-state index contributed by atoms with van der Waals surface area (Å²) >= 11 is 0. The van der Waals surface area contributed by atoms with Gasteiger partial charge in [-0.2, -0.15) is 0 Å². The van der Waals surface area contributed by atoms with Crippen molar-refractivity contribution in [1.82, 2.24) is 0 Å². The first-order valence-corrected chi connectivity index (χ1v) is 17.8. The van der Waals surface area contributed by atoms with Gasteiger partial charge in [0.15, 0.2) is 11.5 Å². The van der Waals surface area contributed by atoms with E-state index in [-0.39, 0.29) is 17.8 Å². The van der Waals surface area contributed by atoms with Gasteiger partial charge < -0.3 is 63.8 Å². The molecule has 1 spiro atoms. The summed E-state index contributed by atoms with van der Waals surface area (Å²) in [4.78, 5) is 66.7. The van der Waals surface area contributed by atoms with E-state index in [1.165, 1.54) is 33.8 Å². The number of hydrogen-bond donors (Lipinski definition) is 6. The zero-order valence-electron chi connectivity index (χ0n) is 30.9. The summed E-state index contributed by atoms with van der Waals surface area (Å²) in [5.41, 5.74) is -6.34. The smallest absolute Gasteiger partial charge is 0.348 e. The van der Waals surface area contributed by atoms with Crippen molar-refractivity contribution >= 4 is 29.7 Å². The number of ether oxygens (including phenoxy) is 7. The lowest BCUT2D eigenvalue weighted by atomic mass is 9.38. The molecule has 3 saturated heterocycles. The fourth-order valence-electron chi connectivity index (χ4n) is 10.1. The molecular formula is C36H48O18. The number of carbonyl (C=O) groups excluding carboxylic acids is 5. The van der Waals surface area contributed by atoms with E-state index in [1.54, 1.807) is 13.8 Å². The molecule has 0 aromatic heterocycles. The Hall–Kier alpha value is -3.49. The summed E-state index contributed by atoms with van der Waals surface area (Å²) < 4.78 is 39.7. The summed E-state index contributed by atoms with van der Waals surface area (Å²) in [6.07, 6.45) is -12.9. The molecule has 6 unspecified atom stereocenters. The third kappa shape index (κ3) is 5.63. The molecule has 0 aromatic rings. The summed E-state index contributed by atoms with van der Waals surface area (Å²) in [6.45, 7) is 7.89. The highest BCUT2D eigenvalue weighted by atomic mass is 16.7. The van der Waals surface area contributed by atoms with Crippen LogP contribution in [0.3, 0.4) is 0 Å². The maximum Gasteiger partial charge on any atom is 0.348 e. The number of allylic oxidation sites excluding steroid dienone is 2. The lowest BCUT2D eigenvalue weighted by Crippen LogP contribution is -2.79. The van der Waals surface area contributed by atoms with Crippen LogP contribution >= 0.6 is 0 Å². The van der Waals surface area contributed by atoms with Crippen molar-refractivity contribution in [2.75, 3.05) is 20.3 Å². The maximum absolute atomic E-state index is 13.9. The quantitative estimate of drug-likeness (QED) is 0.0881. The van der Waals surface area contributed by atoms with E-state index in [1.807, 2.05) is 0 Å². The van der Waals surface area contributed by atoms with Crippen molar-refractivity contribution in [2.24, 2.45) is 34.5 Å². The first-order chi connectivity index (χ1) is 25.1. The van der Waals surface area contributed by atoms with E-state index in [0.717, 1.165) is 13.2 Å². The Balaban J connectivity index is 1.45. The van der Waals surface area contributed by atoms with E-state index < -0.39 is 144 Å². The highest BCUT2D eigenvalue weighted by Crippen LogP contribution is 2.72. The monoisotopic (exact) mass is 768 g/mol. The highest BCUT2D eigenvalue weighted by Gasteiger charge is 2.85. The molecule has 6 aliphatic rings. The number of Topliss-reactive ketones (excluding diaryl/α,β-unsaturated/α-hetero) is 1. The number of hydrogen-bond acceptors (Lipinski definition) is 18. The number of aliphatic hydroxyl groups excluding tert-OH is 6. The standard InChI is InChI=1S/C36H48O18/c1-13(33(4,5)54-15(3)38)8-20(39)53-26-28-35-12-49-36(28,32(47)48-7)29(45)25(44)27(35)34(6)10-17(21(40)14(2)16(34)9-19(35)52-30(26)46)50-31-24(43)23(42)22(41)18(11-37)51-31/h8,10,14,16,18-19,22-29,31,37,41-45H,9,11-12H2,1-7H3/b13-8+/t14?,16?,18-,19-,22-,23+,24-,25?,26-,27?,28-,29?,31-,34+,35?,36+/m1/s1. The van der Waals surface area contributed by atoms with E-state index >= 15 is 0 Å². The number of ketones is 1. The molecule has 18 heteroatoms. The second-order valence-corrected chi connectivity index (χ2v) is 16.0. The van der Waals surface area contributed by atoms with Crippen molar-refractivity contribution < 1.29 is 87.8 Å². The second kappa shape index (κ2) is 13.6. The zero-order chi connectivity index (χ0) is 40.0. The predicted octanol–water partition coefficient (Wildman–Crippen LogP) is -2.05. The topological polar surface area (TPSA) is 271 Å². The first-order valence-electron chi connectivity index (χ1n) is 17.8. The SMILES string of the molecule is COC(=O)[C@@]12OCC34C(C(O)C1O)[C@@]1(C)C=C(O[C@@H]5O[C@H](CO)[C@@H](O)[C@H](O)[C@H]5O)C(=O)C(C)C1C[C@H]3OC(=O)[C@H](OC(=O)/C=C(\C)C(C)(C)OC(C)=O)[C@H]42. The Morgan fingerprint density at radius 2 is 1.69 bits per heavy atom. The van der Waals surface area contributed by atoms with E-state index in [2.05, 4.69) is 0 Å². The molecule has 54 heavy (non-hydrogen) atoms. The van der Waals surface area contributed by atoms with Gasteiger partial charge in [0.2, 0.25) is 18.0 Å². The maximum atomic E-state index is 13.9. The van der Waals surface area contributed by atoms with Gasteiger partial charge in [0.25, 0.3) is 0 Å². The van der Waals surface area contributed by atoms with Crippen LogP contribution in [0.25, 0.3) is 0 Å². The van der Waals surface area contributed by atoms with Crippen LogP contribution in [0.15, 0.2) is 23.5 Å². The van der Waals surface area contributed by atoms with Gasteiger partial charge in [-0.25, -0.2) is 14.4 Å². The van der Waals surface area contributed by atoms with Crippen molar-refractivity contribution in [1.29, 1.82) is 0 Å². The van der Waals surface area contributed by atoms with Crippen LogP contribution in [0.5, 0.6) is 0 Å². The van der Waals surface area contributed by atoms with Crippen LogP contribution < -0.4 is 0 Å². The number of esters is 4. The molecule has 6 rings (SSSR count). The highest BCUT2D eigenvalue weighted by molar-refractivity contribution is 5.97. The molecule has 3 aliphatic heterocycles. The van der Waals surface area contributed by atoms with Gasteiger partial charge in [-0.05, 0) is 50.2 Å². The largest absolute Gasteiger partial charge is 0.467 e. The molecule has 5 fully saturated rings. The van der Waals surface area contributed by atoms with E-state index in [4.69, 9.17) is 33.2 Å². The van der Waals surface area contributed by atoms with Crippen molar-refractivity contribution in [2.45, 2.75) is 114 Å². The van der Waals surface area contributed by atoms with Crippen molar-refractivity contribution in [3.8, 4) is 0 Å². The normalized spacial score (nSPS) is 45.6. The molecule has 18 nitrogen and oxygen atoms in total. The molecule has 2 saturated carbocycles. The molecule has 3 heterocycles. The van der Waals surface area contributed by atoms with Crippen LogP contribution in [0, 0.1) is 34.5 Å². The van der Waals surface area contributed by atoms with Gasteiger partial charge in [-0.1, -0.05) is 13.8 Å². The molecular weight excluding hydrogens is 720 g/mol. The molecule has 2 bridgehead atoms. The number of aliphatic hydroxyl groups is 6. The molecule has 0 radical (unpaired) electrons. The Labute approximate surface area is 309 Å². The number of fused-ring (bicyclic) bond motifs is 2. The summed E-state index contributed by atoms with van der Waals surface area (Å²) in [7, 11) is 1.03. The minimum atomic E-state index is -2.43. The lowest BCUT2D eigenvalue weighted by molar-refractivity contribution is -0.296. The Kier molecular flexibility index (Phi) is 10.1. The molecule has 16 atom stereocenters. The zero-order valence-corrected chi connectivity index (χ0v) is 30.9. The summed E-state index contributed by atoms with van der Waals surface area (Å²) in [5, 5.41) is 65.1. The Morgan fingerprint density at radius 3 is 2.30 bits per heavy atom. The van der Waals surface area contributed by atoms with Crippen LogP contribution in [0.4, 0.5) is 0 Å². The van der Waals surface area contributed by atoms with Gasteiger partial charge in [-0.15, -0.1) is 0 Å². The van der Waals surface area contributed by atoms with Gasteiger partial charge in [0.05, 0.1) is 32.3 Å². The van der Waals surface area contributed by atoms with Crippen LogP contribution in [0.1, 0.15) is 48.0 Å². The fraction of sp³-hybridized carbons (Fsp3) is 0.750. The average molecular weight is 769 g/mol. The first kappa shape index (κ1) is 40.2.